The highest BCUT2D eigenvalue weighted by atomic mass is 16.1. The van der Waals surface area contributed by atoms with Crippen LogP contribution < -0.4 is 10.2 Å². The van der Waals surface area contributed by atoms with Crippen molar-refractivity contribution in [3.05, 3.63) is 66.5 Å². The van der Waals surface area contributed by atoms with Gasteiger partial charge in [0, 0.05) is 12.7 Å². The van der Waals surface area contributed by atoms with Gasteiger partial charge in [0.25, 0.3) is 5.91 Å². The van der Waals surface area contributed by atoms with Crippen molar-refractivity contribution in [2.75, 3.05) is 17.3 Å². The Morgan fingerprint density at radius 1 is 1.09 bits per heavy atom. The fraction of sp³-hybridized carbons (Fsp3) is 0.0625. The predicted octanol–water partition coefficient (Wildman–Crippen LogP) is 2.82. The van der Waals surface area contributed by atoms with Crippen molar-refractivity contribution in [1.82, 2.24) is 15.2 Å². The molecule has 6 heteroatoms. The number of hydrogen-bond donors (Lipinski definition) is 2. The van der Waals surface area contributed by atoms with Gasteiger partial charge in [0.2, 0.25) is 5.95 Å². The maximum absolute atomic E-state index is 12.4. The molecule has 0 radical (unpaired) electrons. The Kier molecular flexibility index (Phi) is 3.82. The number of H-pyrrole nitrogens is 1. The third-order valence-electron chi connectivity index (χ3n) is 3.30. The maximum atomic E-state index is 12.4. The molecule has 22 heavy (non-hydrogen) atoms. The summed E-state index contributed by atoms with van der Waals surface area (Å²) in [6.07, 6.45) is 1.34. The lowest BCUT2D eigenvalue weighted by atomic mass is 10.1. The lowest BCUT2D eigenvalue weighted by Crippen LogP contribution is -2.18. The Bertz CT molecular complexity index is 755. The molecule has 1 aromatic heterocycles. The average molecular weight is 293 g/mol. The Labute approximate surface area is 127 Å². The van der Waals surface area contributed by atoms with E-state index in [1.165, 1.54) is 6.33 Å². The summed E-state index contributed by atoms with van der Waals surface area (Å²) < 4.78 is 0. The zero-order valence-corrected chi connectivity index (χ0v) is 12.0. The molecule has 0 saturated carbocycles. The van der Waals surface area contributed by atoms with Gasteiger partial charge in [-0.15, -0.1) is 0 Å². The van der Waals surface area contributed by atoms with Crippen molar-refractivity contribution in [3.8, 4) is 0 Å². The van der Waals surface area contributed by atoms with Gasteiger partial charge in [0.15, 0.2) is 0 Å². The second-order valence-corrected chi connectivity index (χ2v) is 4.70. The number of aromatic nitrogens is 3. The standard InChI is InChI=1S/C16H15N5O/c1-21(12-7-3-2-4-8-12)14-10-6-5-9-13(14)15(22)19-16-17-11-18-20-16/h2-11H,1H3,(H2,17,18,19,20,22). The van der Waals surface area contributed by atoms with Crippen molar-refractivity contribution in [3.63, 3.8) is 0 Å². The summed E-state index contributed by atoms with van der Waals surface area (Å²) in [5.41, 5.74) is 2.37. The third-order valence-corrected chi connectivity index (χ3v) is 3.30. The van der Waals surface area contributed by atoms with E-state index in [2.05, 4.69) is 20.5 Å². The second kappa shape index (κ2) is 6.09. The fourth-order valence-electron chi connectivity index (χ4n) is 2.19. The van der Waals surface area contributed by atoms with E-state index in [0.29, 0.717) is 11.5 Å². The minimum Gasteiger partial charge on any atom is -0.344 e. The molecule has 0 aliphatic rings. The quantitative estimate of drug-likeness (QED) is 0.775. The first-order chi connectivity index (χ1) is 10.8. The Morgan fingerprint density at radius 3 is 2.55 bits per heavy atom. The van der Waals surface area contributed by atoms with Crippen LogP contribution in [0.15, 0.2) is 60.9 Å². The summed E-state index contributed by atoms with van der Waals surface area (Å²) in [5.74, 6) is 0.0808. The molecule has 3 rings (SSSR count). The summed E-state index contributed by atoms with van der Waals surface area (Å²) in [4.78, 5) is 18.3. The van der Waals surface area contributed by atoms with E-state index in [1.807, 2.05) is 60.5 Å². The first kappa shape index (κ1) is 13.8. The Morgan fingerprint density at radius 2 is 1.82 bits per heavy atom. The van der Waals surface area contributed by atoms with Gasteiger partial charge in [-0.2, -0.15) is 10.1 Å². The first-order valence-electron chi connectivity index (χ1n) is 6.80. The number of amides is 1. The molecule has 0 aliphatic carbocycles. The topological polar surface area (TPSA) is 73.9 Å². The maximum Gasteiger partial charge on any atom is 0.260 e. The van der Waals surface area contributed by atoms with Crippen LogP contribution in [-0.2, 0) is 0 Å². The van der Waals surface area contributed by atoms with Gasteiger partial charge in [-0.1, -0.05) is 30.3 Å². The number of para-hydroxylation sites is 2. The molecular formula is C16H15N5O. The van der Waals surface area contributed by atoms with E-state index in [4.69, 9.17) is 0 Å². The lowest BCUT2D eigenvalue weighted by Gasteiger charge is -2.22. The number of rotatable bonds is 4. The molecule has 6 nitrogen and oxygen atoms in total. The summed E-state index contributed by atoms with van der Waals surface area (Å²) in [6, 6.07) is 17.3. The zero-order valence-electron chi connectivity index (χ0n) is 12.0. The number of aromatic amines is 1. The van der Waals surface area contributed by atoms with Gasteiger partial charge >= 0.3 is 0 Å². The minimum atomic E-state index is -0.241. The van der Waals surface area contributed by atoms with E-state index in [1.54, 1.807) is 6.07 Å². The molecule has 110 valence electrons. The molecule has 0 atom stereocenters. The van der Waals surface area contributed by atoms with E-state index >= 15 is 0 Å². The van der Waals surface area contributed by atoms with Crippen molar-refractivity contribution in [2.24, 2.45) is 0 Å². The molecule has 2 N–H and O–H groups in total. The van der Waals surface area contributed by atoms with Crippen LogP contribution in [0.2, 0.25) is 0 Å². The highest BCUT2D eigenvalue weighted by Crippen LogP contribution is 2.27. The fourth-order valence-corrected chi connectivity index (χ4v) is 2.19. The molecule has 0 fully saturated rings. The average Bonchev–Trinajstić information content (AvgIpc) is 3.08. The number of anilines is 3. The molecular weight excluding hydrogens is 278 g/mol. The van der Waals surface area contributed by atoms with Gasteiger partial charge in [-0.05, 0) is 24.3 Å². The van der Waals surface area contributed by atoms with Crippen LogP contribution in [0.5, 0.6) is 0 Å². The summed E-state index contributed by atoms with van der Waals surface area (Å²) in [7, 11) is 1.93. The van der Waals surface area contributed by atoms with Gasteiger partial charge in [-0.3, -0.25) is 10.1 Å². The van der Waals surface area contributed by atoms with E-state index in [9.17, 15) is 4.79 Å². The van der Waals surface area contributed by atoms with Crippen LogP contribution >= 0.6 is 0 Å². The van der Waals surface area contributed by atoms with Gasteiger partial charge in [0.05, 0.1) is 11.3 Å². The van der Waals surface area contributed by atoms with Crippen LogP contribution in [-0.4, -0.2) is 28.1 Å². The number of nitrogens with zero attached hydrogens (tertiary/aromatic N) is 3. The largest absolute Gasteiger partial charge is 0.344 e. The van der Waals surface area contributed by atoms with Gasteiger partial charge in [0.1, 0.15) is 6.33 Å². The molecule has 0 spiro atoms. The third kappa shape index (κ3) is 2.80. The monoisotopic (exact) mass is 293 g/mol. The van der Waals surface area contributed by atoms with Gasteiger partial charge in [-0.25, -0.2) is 5.10 Å². The van der Waals surface area contributed by atoms with E-state index in [-0.39, 0.29) is 5.91 Å². The van der Waals surface area contributed by atoms with E-state index in [0.717, 1.165) is 11.4 Å². The second-order valence-electron chi connectivity index (χ2n) is 4.70. The normalized spacial score (nSPS) is 10.2. The highest BCUT2D eigenvalue weighted by Gasteiger charge is 2.15. The first-order valence-corrected chi connectivity index (χ1v) is 6.80. The van der Waals surface area contributed by atoms with Crippen LogP contribution in [0.3, 0.4) is 0 Å². The number of hydrogen-bond acceptors (Lipinski definition) is 4. The SMILES string of the molecule is CN(c1ccccc1)c1ccccc1C(=O)Nc1ncn[nH]1. The van der Waals surface area contributed by atoms with Gasteiger partial charge < -0.3 is 4.90 Å². The van der Waals surface area contributed by atoms with E-state index < -0.39 is 0 Å². The summed E-state index contributed by atoms with van der Waals surface area (Å²) >= 11 is 0. The Balaban J connectivity index is 1.91. The summed E-state index contributed by atoms with van der Waals surface area (Å²) in [6.45, 7) is 0. The molecule has 0 bridgehead atoms. The van der Waals surface area contributed by atoms with Crippen LogP contribution in [0.25, 0.3) is 0 Å². The number of carbonyl (C=O) groups excluding carboxylic acids is 1. The zero-order chi connectivity index (χ0) is 15.4. The molecule has 0 aliphatic heterocycles. The smallest absolute Gasteiger partial charge is 0.260 e. The summed E-state index contributed by atoms with van der Waals surface area (Å²) in [5, 5.41) is 9.01. The van der Waals surface area contributed by atoms with Crippen molar-refractivity contribution < 1.29 is 4.79 Å². The lowest BCUT2D eigenvalue weighted by molar-refractivity contribution is 0.102. The highest BCUT2D eigenvalue weighted by molar-refractivity contribution is 6.07. The Hall–Kier alpha value is -3.15. The molecule has 3 aromatic rings. The molecule has 1 heterocycles. The number of benzene rings is 2. The number of nitrogens with one attached hydrogen (secondary N) is 2. The van der Waals surface area contributed by atoms with Crippen molar-refractivity contribution >= 4 is 23.2 Å². The van der Waals surface area contributed by atoms with Crippen molar-refractivity contribution in [2.45, 2.75) is 0 Å². The number of carbonyl (C=O) groups is 1. The molecule has 0 saturated heterocycles. The molecule has 2 aromatic carbocycles. The predicted molar refractivity (Wildman–Crippen MR) is 85.3 cm³/mol. The van der Waals surface area contributed by atoms with Crippen molar-refractivity contribution in [1.29, 1.82) is 0 Å². The minimum absolute atomic E-state index is 0.241. The van der Waals surface area contributed by atoms with Crippen LogP contribution in [0.4, 0.5) is 17.3 Å². The molecule has 1 amide bonds. The van der Waals surface area contributed by atoms with Crippen LogP contribution in [0.1, 0.15) is 10.4 Å². The molecule has 0 unspecified atom stereocenters. The van der Waals surface area contributed by atoms with Crippen LogP contribution in [0, 0.1) is 0 Å².